The lowest BCUT2D eigenvalue weighted by Gasteiger charge is -2.20. The van der Waals surface area contributed by atoms with Gasteiger partial charge in [0.2, 0.25) is 5.91 Å². The summed E-state index contributed by atoms with van der Waals surface area (Å²) in [6.07, 6.45) is 0.964. The van der Waals surface area contributed by atoms with Crippen LogP contribution in [0, 0.1) is 0 Å². The average Bonchev–Trinajstić information content (AvgIpc) is 2.71. The highest BCUT2D eigenvalue weighted by molar-refractivity contribution is 5.78. The van der Waals surface area contributed by atoms with Gasteiger partial charge in [0.25, 0.3) is 0 Å². The molecule has 1 fully saturated rings. The first-order valence-corrected chi connectivity index (χ1v) is 5.70. The van der Waals surface area contributed by atoms with Crippen molar-refractivity contribution in [1.82, 2.24) is 15.5 Å². The SMILES string of the molecule is O=C(CN(CCO)CCO)N[C@H]1CCNC1. The molecular formula is C10H21N3O3. The number of hydrogen-bond acceptors (Lipinski definition) is 5. The highest BCUT2D eigenvalue weighted by Crippen LogP contribution is 1.97. The molecule has 1 atom stereocenters. The van der Waals surface area contributed by atoms with Crippen LogP contribution in [0.3, 0.4) is 0 Å². The Morgan fingerprint density at radius 2 is 2.06 bits per heavy atom. The Kier molecular flexibility index (Phi) is 6.32. The summed E-state index contributed by atoms with van der Waals surface area (Å²) in [5.41, 5.74) is 0. The minimum atomic E-state index is -0.0457. The molecule has 0 aromatic rings. The molecule has 0 bridgehead atoms. The second-order valence-electron chi connectivity index (χ2n) is 3.98. The van der Waals surface area contributed by atoms with E-state index in [4.69, 9.17) is 10.2 Å². The van der Waals surface area contributed by atoms with Crippen LogP contribution in [0.25, 0.3) is 0 Å². The smallest absolute Gasteiger partial charge is 0.234 e. The molecule has 1 rings (SSSR count). The van der Waals surface area contributed by atoms with Gasteiger partial charge in [0.1, 0.15) is 0 Å². The summed E-state index contributed by atoms with van der Waals surface area (Å²) < 4.78 is 0. The molecule has 0 saturated carbocycles. The van der Waals surface area contributed by atoms with Crippen molar-refractivity contribution in [1.29, 1.82) is 0 Å². The van der Waals surface area contributed by atoms with E-state index in [1.165, 1.54) is 0 Å². The fraction of sp³-hybridized carbons (Fsp3) is 0.900. The molecule has 1 amide bonds. The monoisotopic (exact) mass is 231 g/mol. The highest BCUT2D eigenvalue weighted by Gasteiger charge is 2.17. The van der Waals surface area contributed by atoms with Crippen LogP contribution in [0.15, 0.2) is 0 Å². The minimum Gasteiger partial charge on any atom is -0.395 e. The summed E-state index contributed by atoms with van der Waals surface area (Å²) in [5, 5.41) is 23.7. The van der Waals surface area contributed by atoms with E-state index in [0.29, 0.717) is 13.1 Å². The van der Waals surface area contributed by atoms with Gasteiger partial charge >= 0.3 is 0 Å². The molecule has 0 unspecified atom stereocenters. The van der Waals surface area contributed by atoms with E-state index in [1.807, 2.05) is 0 Å². The number of nitrogens with one attached hydrogen (secondary N) is 2. The number of hydrogen-bond donors (Lipinski definition) is 4. The number of aliphatic hydroxyl groups excluding tert-OH is 2. The summed E-state index contributed by atoms with van der Waals surface area (Å²) in [5.74, 6) is -0.0457. The third kappa shape index (κ3) is 4.89. The van der Waals surface area contributed by atoms with Crippen molar-refractivity contribution in [3.63, 3.8) is 0 Å². The predicted molar refractivity (Wildman–Crippen MR) is 60.0 cm³/mol. The van der Waals surface area contributed by atoms with E-state index >= 15 is 0 Å². The number of amides is 1. The van der Waals surface area contributed by atoms with Crippen LogP contribution in [0.1, 0.15) is 6.42 Å². The summed E-state index contributed by atoms with van der Waals surface area (Å²) in [4.78, 5) is 13.3. The maximum absolute atomic E-state index is 11.6. The molecule has 1 aliphatic heterocycles. The van der Waals surface area contributed by atoms with E-state index in [0.717, 1.165) is 19.5 Å². The highest BCUT2D eigenvalue weighted by atomic mass is 16.3. The van der Waals surface area contributed by atoms with Crippen LogP contribution in [0.5, 0.6) is 0 Å². The summed E-state index contributed by atoms with van der Waals surface area (Å²) in [7, 11) is 0. The molecule has 1 aliphatic rings. The fourth-order valence-corrected chi connectivity index (χ4v) is 1.81. The van der Waals surface area contributed by atoms with E-state index in [2.05, 4.69) is 10.6 Å². The molecule has 0 spiro atoms. The third-order valence-corrected chi connectivity index (χ3v) is 2.63. The molecule has 0 radical (unpaired) electrons. The van der Waals surface area contributed by atoms with Crippen LogP contribution in [0.4, 0.5) is 0 Å². The lowest BCUT2D eigenvalue weighted by atomic mass is 10.2. The Morgan fingerprint density at radius 3 is 2.56 bits per heavy atom. The van der Waals surface area contributed by atoms with E-state index in [-0.39, 0.29) is 31.7 Å². The zero-order valence-corrected chi connectivity index (χ0v) is 9.48. The summed E-state index contributed by atoms with van der Waals surface area (Å²) in [6.45, 7) is 2.83. The van der Waals surface area contributed by atoms with Gasteiger partial charge in [0, 0.05) is 25.7 Å². The second-order valence-corrected chi connectivity index (χ2v) is 3.98. The van der Waals surface area contributed by atoms with Gasteiger partial charge in [-0.1, -0.05) is 0 Å². The van der Waals surface area contributed by atoms with E-state index in [1.54, 1.807) is 4.90 Å². The zero-order valence-electron chi connectivity index (χ0n) is 9.48. The summed E-state index contributed by atoms with van der Waals surface area (Å²) in [6, 6.07) is 0.220. The van der Waals surface area contributed by atoms with Crippen LogP contribution in [0.2, 0.25) is 0 Å². The van der Waals surface area contributed by atoms with Gasteiger partial charge in [-0.15, -0.1) is 0 Å². The first kappa shape index (κ1) is 13.4. The molecule has 0 aliphatic carbocycles. The van der Waals surface area contributed by atoms with Crippen molar-refractivity contribution >= 4 is 5.91 Å². The zero-order chi connectivity index (χ0) is 11.8. The number of aliphatic hydroxyl groups is 2. The number of rotatable bonds is 7. The number of carbonyl (C=O) groups is 1. The Labute approximate surface area is 95.6 Å². The Bertz CT molecular complexity index is 201. The quantitative estimate of drug-likeness (QED) is 0.398. The van der Waals surface area contributed by atoms with E-state index < -0.39 is 0 Å². The standard InChI is InChI=1S/C10H21N3O3/c14-5-3-13(4-6-15)8-10(16)12-9-1-2-11-7-9/h9,11,14-15H,1-8H2,(H,12,16)/t9-/m0/s1. The lowest BCUT2D eigenvalue weighted by Crippen LogP contribution is -2.44. The van der Waals surface area contributed by atoms with Crippen LogP contribution in [-0.4, -0.2) is 73.0 Å². The van der Waals surface area contributed by atoms with E-state index in [9.17, 15) is 4.79 Å². The molecule has 1 heterocycles. The van der Waals surface area contributed by atoms with Crippen LogP contribution < -0.4 is 10.6 Å². The molecule has 94 valence electrons. The fourth-order valence-electron chi connectivity index (χ4n) is 1.81. The molecule has 0 aromatic heterocycles. The van der Waals surface area contributed by atoms with Crippen LogP contribution >= 0.6 is 0 Å². The second kappa shape index (κ2) is 7.56. The van der Waals surface area contributed by atoms with Crippen molar-refractivity contribution in [2.75, 3.05) is 45.9 Å². The Morgan fingerprint density at radius 1 is 1.38 bits per heavy atom. The molecule has 4 N–H and O–H groups in total. The maximum Gasteiger partial charge on any atom is 0.234 e. The van der Waals surface area contributed by atoms with Gasteiger partial charge in [0.05, 0.1) is 19.8 Å². The largest absolute Gasteiger partial charge is 0.395 e. The van der Waals surface area contributed by atoms with Gasteiger partial charge < -0.3 is 20.8 Å². The third-order valence-electron chi connectivity index (χ3n) is 2.63. The Balaban J connectivity index is 2.23. The predicted octanol–water partition coefficient (Wildman–Crippen LogP) is -2.25. The van der Waals surface area contributed by atoms with Crippen molar-refractivity contribution in [2.24, 2.45) is 0 Å². The lowest BCUT2D eigenvalue weighted by molar-refractivity contribution is -0.123. The van der Waals surface area contributed by atoms with Crippen LogP contribution in [-0.2, 0) is 4.79 Å². The first-order chi connectivity index (χ1) is 7.76. The van der Waals surface area contributed by atoms with Gasteiger partial charge in [-0.3, -0.25) is 9.69 Å². The molecule has 6 nitrogen and oxygen atoms in total. The maximum atomic E-state index is 11.6. The van der Waals surface area contributed by atoms with Crippen molar-refractivity contribution in [3.8, 4) is 0 Å². The average molecular weight is 231 g/mol. The number of nitrogens with zero attached hydrogens (tertiary/aromatic N) is 1. The molecule has 0 aromatic carbocycles. The minimum absolute atomic E-state index is 0.00172. The molecule has 1 saturated heterocycles. The van der Waals surface area contributed by atoms with Crippen molar-refractivity contribution in [2.45, 2.75) is 12.5 Å². The topological polar surface area (TPSA) is 84.8 Å². The molecule has 16 heavy (non-hydrogen) atoms. The Hall–Kier alpha value is -0.690. The number of carbonyl (C=O) groups excluding carboxylic acids is 1. The van der Waals surface area contributed by atoms with Gasteiger partial charge in [-0.2, -0.15) is 0 Å². The van der Waals surface area contributed by atoms with Crippen molar-refractivity contribution < 1.29 is 15.0 Å². The first-order valence-electron chi connectivity index (χ1n) is 5.70. The molecule has 6 heteroatoms. The normalized spacial score (nSPS) is 20.3. The van der Waals surface area contributed by atoms with Gasteiger partial charge in [0.15, 0.2) is 0 Å². The summed E-state index contributed by atoms with van der Waals surface area (Å²) >= 11 is 0. The van der Waals surface area contributed by atoms with Crippen molar-refractivity contribution in [3.05, 3.63) is 0 Å². The van der Waals surface area contributed by atoms with Gasteiger partial charge in [-0.25, -0.2) is 0 Å². The van der Waals surface area contributed by atoms with Gasteiger partial charge in [-0.05, 0) is 13.0 Å². The molecular weight excluding hydrogens is 210 g/mol.